The van der Waals surface area contributed by atoms with Crippen LogP contribution in [0.5, 0.6) is 0 Å². The minimum atomic E-state index is -1.07. The number of carboxylic acid groups (broad SMARTS) is 1. The summed E-state index contributed by atoms with van der Waals surface area (Å²) in [5, 5.41) is 26.4. The monoisotopic (exact) mass is 207 g/mol. The molecule has 0 aliphatic carbocycles. The molecule has 86 valence electrons. The van der Waals surface area contributed by atoms with Gasteiger partial charge in [-0.05, 0) is 19.4 Å². The van der Waals surface area contributed by atoms with E-state index in [-0.39, 0.29) is 12.8 Å². The predicted molar refractivity (Wildman–Crippen MR) is 53.9 cm³/mol. The maximum Gasteiger partial charge on any atom is 0.305 e. The Morgan fingerprint density at radius 2 is 1.79 bits per heavy atom. The molecule has 0 spiro atoms. The molecule has 0 rings (SSSR count). The van der Waals surface area contributed by atoms with E-state index in [0.717, 1.165) is 0 Å². The summed E-state index contributed by atoms with van der Waals surface area (Å²) in [5.74, 6) is -1.07. The molecule has 0 fully saturated rings. The minimum Gasteiger partial charge on any atom is -0.481 e. The van der Waals surface area contributed by atoms with Crippen molar-refractivity contribution in [2.24, 2.45) is 5.73 Å². The Morgan fingerprint density at radius 3 is 2.14 bits per heavy atom. The Morgan fingerprint density at radius 1 is 1.29 bits per heavy atom. The van der Waals surface area contributed by atoms with Crippen molar-refractivity contribution in [1.29, 1.82) is 0 Å². The van der Waals surface area contributed by atoms with Gasteiger partial charge in [-0.25, -0.2) is 0 Å². The zero-order chi connectivity index (χ0) is 11.6. The number of hydrogen-bond donors (Lipinski definition) is 4. The number of aliphatic carboxylic acids is 1. The van der Waals surface area contributed by atoms with Crippen molar-refractivity contribution in [1.82, 2.24) is 0 Å². The van der Waals surface area contributed by atoms with E-state index in [0.29, 0.717) is 13.0 Å². The lowest BCUT2D eigenvalue weighted by atomic mass is 10.1. The highest BCUT2D eigenvalue weighted by atomic mass is 16.4. The van der Waals surface area contributed by atoms with Crippen molar-refractivity contribution in [3.05, 3.63) is 0 Å². The Hall–Kier alpha value is -0.650. The highest BCUT2D eigenvalue weighted by Crippen LogP contribution is 2.04. The number of hydrogen-bond acceptors (Lipinski definition) is 4. The van der Waals surface area contributed by atoms with E-state index in [4.69, 9.17) is 21.1 Å². The van der Waals surface area contributed by atoms with Gasteiger partial charge in [0.1, 0.15) is 0 Å². The third kappa shape index (κ3) is 11.4. The number of rotatable bonds is 6. The van der Waals surface area contributed by atoms with Gasteiger partial charge in [-0.15, -0.1) is 0 Å². The van der Waals surface area contributed by atoms with Crippen LogP contribution >= 0.6 is 0 Å². The predicted octanol–water partition coefficient (Wildman–Crippen LogP) is -0.0520. The van der Waals surface area contributed by atoms with E-state index >= 15 is 0 Å². The molecule has 0 aromatic carbocycles. The molecular formula is C9H21NO4. The van der Waals surface area contributed by atoms with Gasteiger partial charge < -0.3 is 21.1 Å². The maximum absolute atomic E-state index is 10.1. The zero-order valence-electron chi connectivity index (χ0n) is 8.81. The molecule has 0 saturated carbocycles. The largest absolute Gasteiger partial charge is 0.481 e. The van der Waals surface area contributed by atoms with E-state index in [1.807, 2.05) is 13.8 Å². The molecule has 0 aliphatic heterocycles. The number of aliphatic hydroxyl groups excluding tert-OH is 2. The number of carbonyl (C=O) groups is 1. The van der Waals surface area contributed by atoms with Crippen molar-refractivity contribution >= 4 is 5.97 Å². The first-order chi connectivity index (χ1) is 6.56. The lowest BCUT2D eigenvalue weighted by Crippen LogP contribution is -2.22. The van der Waals surface area contributed by atoms with Crippen LogP contribution in [0, 0.1) is 0 Å². The molecule has 0 radical (unpaired) electrons. The Kier molecular flexibility index (Phi) is 11.8. The molecule has 0 amide bonds. The molecule has 14 heavy (non-hydrogen) atoms. The lowest BCUT2D eigenvalue weighted by Gasteiger charge is -2.12. The van der Waals surface area contributed by atoms with Gasteiger partial charge in [0.2, 0.25) is 0 Å². The van der Waals surface area contributed by atoms with E-state index in [1.54, 1.807) is 0 Å². The quantitative estimate of drug-likeness (QED) is 0.489. The summed E-state index contributed by atoms with van der Waals surface area (Å²) < 4.78 is 0. The number of aliphatic hydroxyl groups is 2. The number of carboxylic acids is 1. The minimum absolute atomic E-state index is 0.0729. The average molecular weight is 207 g/mol. The second-order valence-electron chi connectivity index (χ2n) is 2.72. The Balaban J connectivity index is 0. The third-order valence-corrected chi connectivity index (χ3v) is 1.45. The van der Waals surface area contributed by atoms with Gasteiger partial charge in [-0.1, -0.05) is 13.8 Å². The standard InChI is InChI=1S/C7H15NO4.C2H6/c8-2-1-5(9)3-6(10)4-7(11)12;1-2/h5-6,9-10H,1-4,8H2,(H,11,12);1-2H3. The molecule has 5 nitrogen and oxygen atoms in total. The fraction of sp³-hybridized carbons (Fsp3) is 0.889. The van der Waals surface area contributed by atoms with Crippen LogP contribution in [0.15, 0.2) is 0 Å². The first-order valence-electron chi connectivity index (χ1n) is 4.84. The van der Waals surface area contributed by atoms with Crippen LogP contribution in [0.25, 0.3) is 0 Å². The van der Waals surface area contributed by atoms with Gasteiger partial charge in [-0.3, -0.25) is 4.79 Å². The lowest BCUT2D eigenvalue weighted by molar-refractivity contribution is -0.139. The van der Waals surface area contributed by atoms with Crippen LogP contribution in [0.4, 0.5) is 0 Å². The van der Waals surface area contributed by atoms with Crippen LogP contribution in [0.2, 0.25) is 0 Å². The molecule has 0 bridgehead atoms. The molecule has 2 atom stereocenters. The fourth-order valence-corrected chi connectivity index (χ4v) is 0.909. The van der Waals surface area contributed by atoms with Gasteiger partial charge in [0.05, 0.1) is 18.6 Å². The first-order valence-corrected chi connectivity index (χ1v) is 4.84. The fourth-order valence-electron chi connectivity index (χ4n) is 0.909. The smallest absolute Gasteiger partial charge is 0.305 e. The van der Waals surface area contributed by atoms with Crippen LogP contribution in [0.1, 0.15) is 33.1 Å². The summed E-state index contributed by atoms with van der Waals surface area (Å²) in [5.41, 5.74) is 5.15. The maximum atomic E-state index is 10.1. The third-order valence-electron chi connectivity index (χ3n) is 1.45. The highest BCUT2D eigenvalue weighted by molar-refractivity contribution is 5.67. The SMILES string of the molecule is CC.NCCC(O)CC(O)CC(=O)O. The van der Waals surface area contributed by atoms with Crippen LogP contribution in [-0.4, -0.2) is 40.0 Å². The summed E-state index contributed by atoms with van der Waals surface area (Å²) in [4.78, 5) is 10.1. The summed E-state index contributed by atoms with van der Waals surface area (Å²) >= 11 is 0. The molecule has 0 heterocycles. The van der Waals surface area contributed by atoms with Crippen molar-refractivity contribution in [2.75, 3.05) is 6.54 Å². The Labute approximate surface area is 84.5 Å². The van der Waals surface area contributed by atoms with Crippen LogP contribution in [0.3, 0.4) is 0 Å². The van der Waals surface area contributed by atoms with E-state index < -0.39 is 18.2 Å². The molecule has 5 N–H and O–H groups in total. The molecule has 0 aromatic rings. The summed E-state index contributed by atoms with van der Waals surface area (Å²) in [7, 11) is 0. The summed E-state index contributed by atoms with van der Waals surface area (Å²) in [6.45, 7) is 4.33. The van der Waals surface area contributed by atoms with E-state index in [1.165, 1.54) is 0 Å². The topological polar surface area (TPSA) is 104 Å². The second-order valence-corrected chi connectivity index (χ2v) is 2.72. The molecular weight excluding hydrogens is 186 g/mol. The van der Waals surface area contributed by atoms with Crippen LogP contribution < -0.4 is 5.73 Å². The van der Waals surface area contributed by atoms with Crippen molar-refractivity contribution < 1.29 is 20.1 Å². The first kappa shape index (κ1) is 15.8. The molecule has 0 aliphatic rings. The average Bonchev–Trinajstić information content (AvgIpc) is 2.06. The van der Waals surface area contributed by atoms with Crippen molar-refractivity contribution in [3.63, 3.8) is 0 Å². The molecule has 2 unspecified atom stereocenters. The normalized spacial score (nSPS) is 13.8. The molecule has 5 heteroatoms. The van der Waals surface area contributed by atoms with Crippen molar-refractivity contribution in [2.45, 2.75) is 45.3 Å². The zero-order valence-corrected chi connectivity index (χ0v) is 8.81. The number of nitrogens with two attached hydrogens (primary N) is 1. The van der Waals surface area contributed by atoms with E-state index in [2.05, 4.69) is 0 Å². The second kappa shape index (κ2) is 10.4. The van der Waals surface area contributed by atoms with Gasteiger partial charge in [0.25, 0.3) is 0 Å². The van der Waals surface area contributed by atoms with E-state index in [9.17, 15) is 4.79 Å². The molecule has 0 aromatic heterocycles. The van der Waals surface area contributed by atoms with Gasteiger partial charge >= 0.3 is 5.97 Å². The Bertz CT molecular complexity index is 141. The van der Waals surface area contributed by atoms with Crippen molar-refractivity contribution in [3.8, 4) is 0 Å². The summed E-state index contributed by atoms with van der Waals surface area (Å²) in [6, 6.07) is 0. The van der Waals surface area contributed by atoms with Gasteiger partial charge in [0, 0.05) is 0 Å². The highest BCUT2D eigenvalue weighted by Gasteiger charge is 2.13. The van der Waals surface area contributed by atoms with Gasteiger partial charge in [0.15, 0.2) is 0 Å². The van der Waals surface area contributed by atoms with Crippen LogP contribution in [-0.2, 0) is 4.79 Å². The summed E-state index contributed by atoms with van der Waals surface area (Å²) in [6.07, 6.45) is -1.56. The molecule has 0 saturated heterocycles. The van der Waals surface area contributed by atoms with Gasteiger partial charge in [-0.2, -0.15) is 0 Å².